The van der Waals surface area contributed by atoms with Crippen molar-refractivity contribution in [3.63, 3.8) is 0 Å². The Morgan fingerprint density at radius 1 is 0.345 bits per heavy atom. The zero-order valence-electron chi connectivity index (χ0n) is 65.1. The van der Waals surface area contributed by atoms with E-state index in [-0.39, 0.29) is 22.5 Å². The molecule has 0 saturated carbocycles. The first-order chi connectivity index (χ1) is 55.0. The molecule has 1 heterocycles. The van der Waals surface area contributed by atoms with Crippen LogP contribution in [0.5, 0.6) is 11.5 Å². The van der Waals surface area contributed by atoms with E-state index < -0.39 is 10.8 Å². The van der Waals surface area contributed by atoms with Crippen molar-refractivity contribution in [2.75, 3.05) is 23.0 Å². The number of rotatable bonds is 24. The molecule has 0 fully saturated rings. The van der Waals surface area contributed by atoms with E-state index in [0.717, 1.165) is 151 Å². The standard InChI is InChI=1S/C106H92F2N2O3/c1-9-71-35-61-87(62-36-71)111-67-17-15-21-73-31-39-77(40-32-73)105(79-47-43-75(44-48-79)103(3,4)5)95-27-13-11-23-89(95)91-65-59-85(69-97(91)105)109(83-55-51-81(107)52-56-83)99-29-19-25-93-94-26-20-30-100(102(94)113-101(93)99)110(84-57-53-82(108)54-58-84)86-60-66-92-90-24-12-14-28-96(90)106(98(92)70-86,80-49-45-76(46-50-80)104(6,7)8)78-41-33-74(34-42-78)22-16-18-68-112-88-63-37-72(10-2)38-64-88/h9-14,19-20,23-66,69-70H,1-2,15-18,21-22,67-68H2,3-8H3. The number of nitrogens with zero attached hydrogens (tertiary/aromatic N) is 2. The van der Waals surface area contributed by atoms with E-state index in [1.54, 1.807) is 0 Å². The highest BCUT2D eigenvalue weighted by Crippen LogP contribution is 2.60. The van der Waals surface area contributed by atoms with Crippen molar-refractivity contribution in [1.29, 1.82) is 0 Å². The Kier molecular flexibility index (Phi) is 19.6. The summed E-state index contributed by atoms with van der Waals surface area (Å²) in [6.07, 6.45) is 9.31. The van der Waals surface area contributed by atoms with Crippen molar-refractivity contribution in [2.24, 2.45) is 0 Å². The molecule has 0 radical (unpaired) electrons. The highest BCUT2D eigenvalue weighted by Gasteiger charge is 2.49. The number of benzene rings is 14. The van der Waals surface area contributed by atoms with Crippen LogP contribution < -0.4 is 19.3 Å². The quantitative estimate of drug-likeness (QED) is 0.0564. The lowest BCUT2D eigenvalue weighted by Crippen LogP contribution is -2.29. The lowest BCUT2D eigenvalue weighted by molar-refractivity contribution is 0.307. The van der Waals surface area contributed by atoms with Crippen LogP contribution in [-0.2, 0) is 34.5 Å². The molecule has 113 heavy (non-hydrogen) atoms. The third-order valence-electron chi connectivity index (χ3n) is 23.3. The molecule has 2 aliphatic carbocycles. The first-order valence-electron chi connectivity index (χ1n) is 39.7. The van der Waals surface area contributed by atoms with E-state index in [9.17, 15) is 0 Å². The normalized spacial score (nSPS) is 14.8. The van der Waals surface area contributed by atoms with Crippen molar-refractivity contribution in [1.82, 2.24) is 0 Å². The molecule has 0 aliphatic heterocycles. The van der Waals surface area contributed by atoms with Gasteiger partial charge in [0.2, 0.25) is 0 Å². The molecule has 15 aromatic rings. The summed E-state index contributed by atoms with van der Waals surface area (Å²) >= 11 is 0. The van der Waals surface area contributed by atoms with Gasteiger partial charge in [0.05, 0.1) is 35.4 Å². The number of hydrogen-bond acceptors (Lipinski definition) is 5. The number of unbranched alkanes of at least 4 members (excludes halogenated alkanes) is 2. The fraction of sp³-hybridized carbons (Fsp3) is 0.170. The molecule has 0 saturated heterocycles. The number of furan rings is 1. The molecule has 14 aromatic carbocycles. The minimum Gasteiger partial charge on any atom is -0.494 e. The van der Waals surface area contributed by atoms with Crippen molar-refractivity contribution in [3.8, 4) is 33.8 Å². The number of ether oxygens (including phenoxy) is 2. The minimum atomic E-state index is -0.761. The van der Waals surface area contributed by atoms with Crippen LogP contribution in [0.15, 0.2) is 333 Å². The molecule has 17 rings (SSSR count). The Bertz CT molecular complexity index is 5620. The molecule has 0 spiro atoms. The van der Waals surface area contributed by atoms with Crippen molar-refractivity contribution in [2.45, 2.75) is 102 Å². The SMILES string of the molecule is C=Cc1ccc(OCCCCc2ccc(C3(c4ccc(C(C)(C)C)cc4)c4ccccc4-c4ccc(N(c5ccc(F)cc5)c5cccc6c5oc5c(N(c7ccc(F)cc7)c7ccc8c(c7)C(c7ccc(CCCCOc9ccc(C=C)cc9)cc7)(c7ccc(C(C)(C)C)cc7)c7ccccc7-8)cccc56)cc43)cc2)cc1. The summed E-state index contributed by atoms with van der Waals surface area (Å²) in [5.74, 6) is 1.06. The molecule has 0 N–H and O–H groups in total. The van der Waals surface area contributed by atoms with E-state index in [2.05, 4.69) is 283 Å². The second-order valence-corrected chi connectivity index (χ2v) is 32.3. The van der Waals surface area contributed by atoms with Gasteiger partial charge in [0.25, 0.3) is 0 Å². The fourth-order valence-corrected chi connectivity index (χ4v) is 17.5. The Morgan fingerprint density at radius 2 is 0.690 bits per heavy atom. The molecule has 0 bridgehead atoms. The number of aryl methyl sites for hydroxylation is 2. The highest BCUT2D eigenvalue weighted by atomic mass is 19.1. The van der Waals surface area contributed by atoms with Gasteiger partial charge in [0, 0.05) is 33.5 Å². The summed E-state index contributed by atoms with van der Waals surface area (Å²) < 4.78 is 51.1. The van der Waals surface area contributed by atoms with Gasteiger partial charge in [-0.3, -0.25) is 0 Å². The van der Waals surface area contributed by atoms with Gasteiger partial charge in [0.15, 0.2) is 11.2 Å². The maximum absolute atomic E-state index is 15.6. The first-order valence-corrected chi connectivity index (χ1v) is 39.7. The van der Waals surface area contributed by atoms with E-state index in [1.807, 2.05) is 84.9 Å². The van der Waals surface area contributed by atoms with Gasteiger partial charge >= 0.3 is 0 Å². The van der Waals surface area contributed by atoms with Crippen LogP contribution in [0.25, 0.3) is 56.3 Å². The Balaban J connectivity index is 0.781. The third-order valence-corrected chi connectivity index (χ3v) is 23.3. The van der Waals surface area contributed by atoms with Crippen LogP contribution >= 0.6 is 0 Å². The second kappa shape index (κ2) is 30.3. The zero-order valence-corrected chi connectivity index (χ0v) is 65.1. The monoisotopic (exact) mass is 1480 g/mol. The van der Waals surface area contributed by atoms with Gasteiger partial charge in [-0.05, 0) is 259 Å². The number of halogens is 2. The molecular weight excluding hydrogens is 1390 g/mol. The summed E-state index contributed by atoms with van der Waals surface area (Å²) in [5, 5.41) is 1.79. The summed E-state index contributed by atoms with van der Waals surface area (Å²) in [6.45, 7) is 22.7. The van der Waals surface area contributed by atoms with Crippen molar-refractivity contribution < 1.29 is 22.7 Å². The first kappa shape index (κ1) is 73.2. The van der Waals surface area contributed by atoms with Crippen LogP contribution in [-0.4, -0.2) is 13.2 Å². The lowest BCUT2D eigenvalue weighted by atomic mass is 9.67. The summed E-state index contributed by atoms with van der Waals surface area (Å²) in [4.78, 5) is 4.45. The van der Waals surface area contributed by atoms with E-state index in [1.165, 1.54) is 68.8 Å². The fourth-order valence-electron chi connectivity index (χ4n) is 17.5. The summed E-state index contributed by atoms with van der Waals surface area (Å²) in [5.41, 5.74) is 25.5. The van der Waals surface area contributed by atoms with Gasteiger partial charge in [-0.2, -0.15) is 0 Å². The number of hydrogen-bond donors (Lipinski definition) is 0. The Labute approximate surface area is 663 Å². The van der Waals surface area contributed by atoms with Gasteiger partial charge < -0.3 is 23.7 Å². The van der Waals surface area contributed by atoms with E-state index in [0.29, 0.717) is 24.4 Å². The smallest absolute Gasteiger partial charge is 0.159 e. The average Bonchev–Trinajstić information content (AvgIpc) is 1.55. The molecule has 7 heteroatoms. The zero-order chi connectivity index (χ0) is 77.6. The van der Waals surface area contributed by atoms with Crippen LogP contribution in [0.4, 0.5) is 42.9 Å². The number of fused-ring (bicyclic) bond motifs is 9. The van der Waals surface area contributed by atoms with Crippen molar-refractivity contribution >= 4 is 68.2 Å². The molecule has 2 unspecified atom stereocenters. The lowest BCUT2D eigenvalue weighted by Gasteiger charge is -2.35. The van der Waals surface area contributed by atoms with Crippen LogP contribution in [0.1, 0.15) is 145 Å². The topological polar surface area (TPSA) is 38.1 Å². The maximum Gasteiger partial charge on any atom is 0.159 e. The van der Waals surface area contributed by atoms with E-state index >= 15 is 8.78 Å². The Morgan fingerprint density at radius 3 is 1.05 bits per heavy atom. The maximum atomic E-state index is 15.6. The largest absolute Gasteiger partial charge is 0.494 e. The molecule has 5 nitrogen and oxygen atoms in total. The van der Waals surface area contributed by atoms with Gasteiger partial charge in [-0.25, -0.2) is 8.78 Å². The highest BCUT2D eigenvalue weighted by molar-refractivity contribution is 6.14. The molecule has 1 aromatic heterocycles. The summed E-state index contributed by atoms with van der Waals surface area (Å²) in [6, 6.07) is 111. The molecule has 2 aliphatic rings. The molecular formula is C106H92F2N2O3. The molecule has 0 amide bonds. The van der Waals surface area contributed by atoms with E-state index in [4.69, 9.17) is 13.9 Å². The van der Waals surface area contributed by atoms with Crippen LogP contribution in [0.2, 0.25) is 0 Å². The molecule has 2 atom stereocenters. The van der Waals surface area contributed by atoms with Crippen LogP contribution in [0.3, 0.4) is 0 Å². The second-order valence-electron chi connectivity index (χ2n) is 32.3. The van der Waals surface area contributed by atoms with Gasteiger partial charge in [-0.1, -0.05) is 273 Å². The van der Waals surface area contributed by atoms with Gasteiger partial charge in [0.1, 0.15) is 23.1 Å². The third kappa shape index (κ3) is 13.6. The van der Waals surface area contributed by atoms with Gasteiger partial charge in [-0.15, -0.1) is 0 Å². The van der Waals surface area contributed by atoms with Crippen molar-refractivity contribution in [3.05, 3.63) is 418 Å². The van der Waals surface area contributed by atoms with Crippen LogP contribution in [0, 0.1) is 11.6 Å². The number of para-hydroxylation sites is 2. The predicted molar refractivity (Wildman–Crippen MR) is 465 cm³/mol. The number of anilines is 6. The molecule has 558 valence electrons. The average molecular weight is 1480 g/mol. The minimum absolute atomic E-state index is 0.0743. The summed E-state index contributed by atoms with van der Waals surface area (Å²) in [7, 11) is 0. The predicted octanol–water partition coefficient (Wildman–Crippen LogP) is 28.2. The Hall–Kier alpha value is -12.6.